The molecule has 0 aliphatic rings. The molecular formula is C11H13N3. The Morgan fingerprint density at radius 2 is 1.93 bits per heavy atom. The topological polar surface area (TPSA) is 38.7 Å². The fourth-order valence-electron chi connectivity index (χ4n) is 1.52. The van der Waals surface area contributed by atoms with E-state index in [2.05, 4.69) is 42.0 Å². The molecule has 0 aliphatic carbocycles. The van der Waals surface area contributed by atoms with Gasteiger partial charge in [-0.25, -0.2) is 4.98 Å². The third kappa shape index (κ3) is 1.45. The van der Waals surface area contributed by atoms with Crippen molar-refractivity contribution < 1.29 is 0 Å². The van der Waals surface area contributed by atoms with Gasteiger partial charge in [0.15, 0.2) is 0 Å². The van der Waals surface area contributed by atoms with E-state index >= 15 is 0 Å². The van der Waals surface area contributed by atoms with Crippen molar-refractivity contribution >= 4 is 11.0 Å². The standard InChI is InChI=1S/C11H13N3/c1-11(2,3)8-5-4-6-9-10(8)14-13-7-12-9/h4-7H,1-3H3. The van der Waals surface area contributed by atoms with Gasteiger partial charge in [-0.3, -0.25) is 0 Å². The highest BCUT2D eigenvalue weighted by atomic mass is 15.1. The van der Waals surface area contributed by atoms with Crippen molar-refractivity contribution in [3.8, 4) is 0 Å². The van der Waals surface area contributed by atoms with Crippen molar-refractivity contribution in [3.05, 3.63) is 30.1 Å². The Bertz CT molecular complexity index is 452. The summed E-state index contributed by atoms with van der Waals surface area (Å²) in [5.41, 5.74) is 3.09. The summed E-state index contributed by atoms with van der Waals surface area (Å²) in [6.07, 6.45) is 1.48. The van der Waals surface area contributed by atoms with Crippen LogP contribution in [0.5, 0.6) is 0 Å². The molecule has 0 bridgehead atoms. The van der Waals surface area contributed by atoms with Crippen LogP contribution in [0.25, 0.3) is 11.0 Å². The Hall–Kier alpha value is -1.51. The first-order chi connectivity index (χ1) is 6.59. The molecule has 2 aromatic rings. The fourth-order valence-corrected chi connectivity index (χ4v) is 1.52. The van der Waals surface area contributed by atoms with Gasteiger partial charge in [-0.05, 0) is 17.0 Å². The maximum absolute atomic E-state index is 4.18. The quantitative estimate of drug-likeness (QED) is 0.635. The second kappa shape index (κ2) is 3.01. The zero-order valence-electron chi connectivity index (χ0n) is 8.65. The molecule has 2 rings (SSSR count). The summed E-state index contributed by atoms with van der Waals surface area (Å²) < 4.78 is 0. The van der Waals surface area contributed by atoms with Gasteiger partial charge in [0.05, 0.1) is 5.52 Å². The largest absolute Gasteiger partial charge is 0.233 e. The lowest BCUT2D eigenvalue weighted by Crippen LogP contribution is -2.12. The van der Waals surface area contributed by atoms with Crippen LogP contribution in [0, 0.1) is 0 Å². The first-order valence-electron chi connectivity index (χ1n) is 4.66. The van der Waals surface area contributed by atoms with Gasteiger partial charge in [0.25, 0.3) is 0 Å². The minimum Gasteiger partial charge on any atom is -0.233 e. The minimum absolute atomic E-state index is 0.0806. The molecule has 0 amide bonds. The number of hydrogen-bond donors (Lipinski definition) is 0. The van der Waals surface area contributed by atoms with E-state index in [1.54, 1.807) is 0 Å². The van der Waals surface area contributed by atoms with E-state index in [1.807, 2.05) is 12.1 Å². The molecule has 72 valence electrons. The second-order valence-corrected chi connectivity index (χ2v) is 4.38. The van der Waals surface area contributed by atoms with Crippen LogP contribution in [0.4, 0.5) is 0 Å². The fraction of sp³-hybridized carbons (Fsp3) is 0.364. The highest BCUT2D eigenvalue weighted by Crippen LogP contribution is 2.26. The van der Waals surface area contributed by atoms with E-state index in [4.69, 9.17) is 0 Å². The highest BCUT2D eigenvalue weighted by Gasteiger charge is 2.17. The third-order valence-electron chi connectivity index (χ3n) is 2.23. The van der Waals surface area contributed by atoms with E-state index in [1.165, 1.54) is 11.9 Å². The normalized spacial score (nSPS) is 11.9. The van der Waals surface area contributed by atoms with Crippen molar-refractivity contribution in [2.75, 3.05) is 0 Å². The van der Waals surface area contributed by atoms with Crippen molar-refractivity contribution in [2.24, 2.45) is 0 Å². The van der Waals surface area contributed by atoms with Crippen molar-refractivity contribution in [3.63, 3.8) is 0 Å². The molecule has 0 saturated carbocycles. The van der Waals surface area contributed by atoms with Gasteiger partial charge in [-0.2, -0.15) is 0 Å². The molecule has 0 radical (unpaired) electrons. The summed E-state index contributed by atoms with van der Waals surface area (Å²) >= 11 is 0. The Balaban J connectivity index is 2.78. The summed E-state index contributed by atoms with van der Waals surface area (Å²) in [6.45, 7) is 6.49. The number of fused-ring (bicyclic) bond motifs is 1. The summed E-state index contributed by atoms with van der Waals surface area (Å²) in [4.78, 5) is 4.18. The number of aromatic nitrogens is 3. The summed E-state index contributed by atoms with van der Waals surface area (Å²) in [6, 6.07) is 6.05. The zero-order valence-corrected chi connectivity index (χ0v) is 8.65. The van der Waals surface area contributed by atoms with Gasteiger partial charge >= 0.3 is 0 Å². The predicted octanol–water partition coefficient (Wildman–Crippen LogP) is 2.32. The Morgan fingerprint density at radius 1 is 1.14 bits per heavy atom. The Labute approximate surface area is 83.2 Å². The zero-order chi connectivity index (χ0) is 10.2. The Morgan fingerprint density at radius 3 is 2.64 bits per heavy atom. The minimum atomic E-state index is 0.0806. The van der Waals surface area contributed by atoms with Crippen LogP contribution in [0.2, 0.25) is 0 Å². The van der Waals surface area contributed by atoms with Crippen LogP contribution >= 0.6 is 0 Å². The number of rotatable bonds is 0. The maximum Gasteiger partial charge on any atom is 0.138 e. The van der Waals surface area contributed by atoms with E-state index in [0.717, 1.165) is 11.0 Å². The lowest BCUT2D eigenvalue weighted by Gasteiger charge is -2.19. The monoisotopic (exact) mass is 187 g/mol. The van der Waals surface area contributed by atoms with Crippen molar-refractivity contribution in [1.29, 1.82) is 0 Å². The first kappa shape index (κ1) is 9.06. The van der Waals surface area contributed by atoms with Crippen LogP contribution in [0.15, 0.2) is 24.5 Å². The van der Waals surface area contributed by atoms with Gasteiger partial charge in [-0.15, -0.1) is 10.2 Å². The molecule has 3 heteroatoms. The average Bonchev–Trinajstić information content (AvgIpc) is 2.15. The lowest BCUT2D eigenvalue weighted by atomic mass is 9.86. The molecule has 0 unspecified atom stereocenters. The van der Waals surface area contributed by atoms with E-state index in [-0.39, 0.29) is 5.41 Å². The van der Waals surface area contributed by atoms with Gasteiger partial charge < -0.3 is 0 Å². The molecule has 1 aromatic carbocycles. The molecule has 0 aliphatic heterocycles. The van der Waals surface area contributed by atoms with E-state index < -0.39 is 0 Å². The van der Waals surface area contributed by atoms with Crippen molar-refractivity contribution in [1.82, 2.24) is 15.2 Å². The van der Waals surface area contributed by atoms with Gasteiger partial charge in [0.2, 0.25) is 0 Å². The van der Waals surface area contributed by atoms with Crippen LogP contribution in [-0.2, 0) is 5.41 Å². The van der Waals surface area contributed by atoms with Crippen LogP contribution in [-0.4, -0.2) is 15.2 Å². The number of nitrogens with zero attached hydrogens (tertiary/aromatic N) is 3. The molecule has 0 spiro atoms. The van der Waals surface area contributed by atoms with Crippen molar-refractivity contribution in [2.45, 2.75) is 26.2 Å². The van der Waals surface area contributed by atoms with E-state index in [0.29, 0.717) is 0 Å². The number of benzene rings is 1. The molecule has 0 atom stereocenters. The smallest absolute Gasteiger partial charge is 0.138 e. The SMILES string of the molecule is CC(C)(C)c1cccc2ncnnc12. The molecule has 3 nitrogen and oxygen atoms in total. The van der Waals surface area contributed by atoms with Crippen LogP contribution in [0.1, 0.15) is 26.3 Å². The molecule has 0 saturated heterocycles. The summed E-state index contributed by atoms with van der Waals surface area (Å²) in [7, 11) is 0. The van der Waals surface area contributed by atoms with Gasteiger partial charge in [-0.1, -0.05) is 32.9 Å². The third-order valence-corrected chi connectivity index (χ3v) is 2.23. The van der Waals surface area contributed by atoms with Crippen LogP contribution < -0.4 is 0 Å². The highest BCUT2D eigenvalue weighted by molar-refractivity contribution is 5.78. The predicted molar refractivity (Wildman–Crippen MR) is 56.0 cm³/mol. The number of hydrogen-bond acceptors (Lipinski definition) is 3. The lowest BCUT2D eigenvalue weighted by molar-refractivity contribution is 0.593. The van der Waals surface area contributed by atoms with Crippen LogP contribution in [0.3, 0.4) is 0 Å². The summed E-state index contributed by atoms with van der Waals surface area (Å²) in [5.74, 6) is 0. The molecule has 1 aromatic heterocycles. The molecular weight excluding hydrogens is 174 g/mol. The van der Waals surface area contributed by atoms with E-state index in [9.17, 15) is 0 Å². The molecule has 0 fully saturated rings. The Kier molecular flexibility index (Phi) is 1.95. The van der Waals surface area contributed by atoms with Gasteiger partial charge in [0, 0.05) is 0 Å². The molecule has 14 heavy (non-hydrogen) atoms. The maximum atomic E-state index is 4.18. The van der Waals surface area contributed by atoms with Gasteiger partial charge in [0.1, 0.15) is 11.8 Å². The first-order valence-corrected chi connectivity index (χ1v) is 4.66. The molecule has 1 heterocycles. The summed E-state index contributed by atoms with van der Waals surface area (Å²) in [5, 5.41) is 7.96. The molecule has 0 N–H and O–H groups in total. The average molecular weight is 187 g/mol. The second-order valence-electron chi connectivity index (χ2n) is 4.38.